The van der Waals surface area contributed by atoms with E-state index < -0.39 is 0 Å². The highest BCUT2D eigenvalue weighted by atomic mass is 14.6. The minimum Gasteiger partial charge on any atom is -0.264 e. The first-order valence-electron chi connectivity index (χ1n) is 14.2. The number of fused-ring (bicyclic) bond motifs is 5. The minimum absolute atomic E-state index is 0.419. The molecule has 4 aromatic rings. The summed E-state index contributed by atoms with van der Waals surface area (Å²) >= 11 is 0. The monoisotopic (exact) mass is 511 g/mol. The van der Waals surface area contributed by atoms with Gasteiger partial charge in [-0.25, -0.2) is 0 Å². The van der Waals surface area contributed by atoms with Crippen molar-refractivity contribution in [3.8, 4) is 22.3 Å². The van der Waals surface area contributed by atoms with Gasteiger partial charge in [0, 0.05) is 23.9 Å². The third-order valence-electron chi connectivity index (χ3n) is 8.90. The number of benzene rings is 3. The smallest absolute Gasteiger partial charge is 0.0346 e. The number of hydrogen-bond donors (Lipinski definition) is 0. The normalized spacial score (nSPS) is 18.6. The molecule has 1 unspecified atom stereocenters. The van der Waals surface area contributed by atoms with Crippen LogP contribution in [0.15, 0.2) is 151 Å². The van der Waals surface area contributed by atoms with E-state index >= 15 is 0 Å². The van der Waals surface area contributed by atoms with Crippen molar-refractivity contribution in [3.05, 3.63) is 173 Å². The lowest BCUT2D eigenvalue weighted by Gasteiger charge is -2.30. The van der Waals surface area contributed by atoms with Crippen molar-refractivity contribution in [2.75, 3.05) is 0 Å². The second-order valence-corrected chi connectivity index (χ2v) is 11.1. The van der Waals surface area contributed by atoms with Gasteiger partial charge in [0.05, 0.1) is 0 Å². The second-order valence-electron chi connectivity index (χ2n) is 11.1. The van der Waals surface area contributed by atoms with Gasteiger partial charge in [0.1, 0.15) is 0 Å². The molecule has 40 heavy (non-hydrogen) atoms. The zero-order chi connectivity index (χ0) is 26.5. The molecule has 0 bridgehead atoms. The first-order chi connectivity index (χ1) is 19.8. The Balaban J connectivity index is 1.13. The van der Waals surface area contributed by atoms with Crippen LogP contribution in [0.1, 0.15) is 35.1 Å². The van der Waals surface area contributed by atoms with Gasteiger partial charge >= 0.3 is 0 Å². The van der Waals surface area contributed by atoms with Crippen LogP contribution in [0.3, 0.4) is 0 Å². The predicted molar refractivity (Wildman–Crippen MR) is 166 cm³/mol. The van der Waals surface area contributed by atoms with Gasteiger partial charge in [-0.3, -0.25) is 4.98 Å². The predicted octanol–water partition coefficient (Wildman–Crippen LogP) is 9.56. The van der Waals surface area contributed by atoms with Gasteiger partial charge in [0.2, 0.25) is 0 Å². The summed E-state index contributed by atoms with van der Waals surface area (Å²) < 4.78 is 0. The summed E-state index contributed by atoms with van der Waals surface area (Å²) in [6.45, 7) is 0. The molecule has 8 rings (SSSR count). The lowest BCUT2D eigenvalue weighted by Crippen LogP contribution is -2.14. The summed E-state index contributed by atoms with van der Waals surface area (Å²) in [4.78, 5) is 4.40. The van der Waals surface area contributed by atoms with Gasteiger partial charge in [-0.05, 0) is 92.6 Å². The van der Waals surface area contributed by atoms with Gasteiger partial charge in [0.25, 0.3) is 0 Å². The maximum absolute atomic E-state index is 4.40. The van der Waals surface area contributed by atoms with Crippen LogP contribution in [0.4, 0.5) is 0 Å². The maximum atomic E-state index is 4.40. The molecule has 0 radical (unpaired) electrons. The third-order valence-corrected chi connectivity index (χ3v) is 8.90. The van der Waals surface area contributed by atoms with E-state index in [2.05, 4.69) is 120 Å². The first kappa shape index (κ1) is 23.2. The van der Waals surface area contributed by atoms with Crippen LogP contribution in [0.25, 0.3) is 33.4 Å². The van der Waals surface area contributed by atoms with Crippen LogP contribution in [-0.2, 0) is 6.42 Å². The molecule has 0 fully saturated rings. The summed E-state index contributed by atoms with van der Waals surface area (Å²) in [5, 5.41) is 0. The Morgan fingerprint density at radius 2 is 1.57 bits per heavy atom. The topological polar surface area (TPSA) is 12.9 Å². The molecule has 0 saturated heterocycles. The number of pyridine rings is 1. The molecule has 0 N–H and O–H groups in total. The highest BCUT2D eigenvalue weighted by Gasteiger charge is 2.28. The van der Waals surface area contributed by atoms with Crippen LogP contribution < -0.4 is 0 Å². The van der Waals surface area contributed by atoms with E-state index in [1.165, 1.54) is 72.4 Å². The van der Waals surface area contributed by atoms with E-state index in [0.29, 0.717) is 5.92 Å². The standard InChI is InChI=1S/C39H29N/c1-2-6-26(7-3-1)27-11-12-28-13-14-29-15-16-30(23-37(29)35(28)20-19-27)31-17-18-32-22-33-8-4-10-36(39(33)38(32)24-31)34-9-5-21-40-25-34/h1-19,21,24-25,37H,20,22-23H2. The fourth-order valence-electron chi connectivity index (χ4n) is 6.85. The van der Waals surface area contributed by atoms with Gasteiger partial charge in [-0.1, -0.05) is 115 Å². The molecule has 0 aliphatic heterocycles. The summed E-state index contributed by atoms with van der Waals surface area (Å²) in [7, 11) is 0. The van der Waals surface area contributed by atoms with Crippen molar-refractivity contribution in [1.29, 1.82) is 0 Å². The average Bonchev–Trinajstić information content (AvgIpc) is 3.25. The summed E-state index contributed by atoms with van der Waals surface area (Å²) in [5.41, 5.74) is 17.7. The molecule has 0 spiro atoms. The number of nitrogens with zero attached hydrogens (tertiary/aromatic N) is 1. The third kappa shape index (κ3) is 3.89. The molecule has 3 aromatic carbocycles. The summed E-state index contributed by atoms with van der Waals surface area (Å²) in [5.74, 6) is 0.419. The second kappa shape index (κ2) is 9.47. The molecule has 1 aromatic heterocycles. The molecule has 0 saturated carbocycles. The van der Waals surface area contributed by atoms with Gasteiger partial charge in [0.15, 0.2) is 0 Å². The molecule has 190 valence electrons. The molecule has 1 nitrogen and oxygen atoms in total. The number of hydrogen-bond acceptors (Lipinski definition) is 1. The number of rotatable bonds is 3. The lowest BCUT2D eigenvalue weighted by molar-refractivity contribution is 0.716. The van der Waals surface area contributed by atoms with Crippen LogP contribution in [0.5, 0.6) is 0 Å². The van der Waals surface area contributed by atoms with Crippen molar-refractivity contribution >= 4 is 11.1 Å². The van der Waals surface area contributed by atoms with Crippen molar-refractivity contribution in [1.82, 2.24) is 4.98 Å². The van der Waals surface area contributed by atoms with E-state index in [9.17, 15) is 0 Å². The van der Waals surface area contributed by atoms with E-state index in [4.69, 9.17) is 0 Å². The van der Waals surface area contributed by atoms with Crippen molar-refractivity contribution in [3.63, 3.8) is 0 Å². The largest absolute Gasteiger partial charge is 0.264 e. The van der Waals surface area contributed by atoms with Crippen molar-refractivity contribution in [2.45, 2.75) is 19.3 Å². The highest BCUT2D eigenvalue weighted by Crippen LogP contribution is 2.46. The first-order valence-corrected chi connectivity index (χ1v) is 14.2. The molecule has 4 aliphatic carbocycles. The van der Waals surface area contributed by atoms with Gasteiger partial charge in [-0.15, -0.1) is 0 Å². The Bertz CT molecular complexity index is 1840. The summed E-state index contributed by atoms with van der Waals surface area (Å²) in [6.07, 6.45) is 23.2. The van der Waals surface area contributed by atoms with Gasteiger partial charge < -0.3 is 0 Å². The molecule has 4 aliphatic rings. The fourth-order valence-corrected chi connectivity index (χ4v) is 6.85. The Kier molecular flexibility index (Phi) is 5.48. The van der Waals surface area contributed by atoms with Crippen molar-refractivity contribution in [2.24, 2.45) is 5.92 Å². The van der Waals surface area contributed by atoms with E-state index in [1.807, 2.05) is 18.5 Å². The zero-order valence-corrected chi connectivity index (χ0v) is 22.3. The van der Waals surface area contributed by atoms with Crippen LogP contribution in [-0.4, -0.2) is 4.98 Å². The molecule has 1 heteroatoms. The average molecular weight is 512 g/mol. The molecular formula is C39H29N. The van der Waals surface area contributed by atoms with Crippen LogP contribution in [0.2, 0.25) is 0 Å². The maximum Gasteiger partial charge on any atom is 0.0346 e. The quantitative estimate of drug-likeness (QED) is 0.235. The zero-order valence-electron chi connectivity index (χ0n) is 22.3. The molecule has 1 heterocycles. The molecule has 1 atom stereocenters. The summed E-state index contributed by atoms with van der Waals surface area (Å²) in [6, 6.07) is 28.8. The molecule has 0 amide bonds. The van der Waals surface area contributed by atoms with E-state index in [1.54, 1.807) is 0 Å². The van der Waals surface area contributed by atoms with Crippen molar-refractivity contribution < 1.29 is 0 Å². The molecular weight excluding hydrogens is 482 g/mol. The number of aromatic nitrogens is 1. The highest BCUT2D eigenvalue weighted by molar-refractivity contribution is 5.91. The number of allylic oxidation sites excluding steroid dienone is 12. The lowest BCUT2D eigenvalue weighted by atomic mass is 9.74. The van der Waals surface area contributed by atoms with Gasteiger partial charge in [-0.2, -0.15) is 0 Å². The minimum atomic E-state index is 0.419. The van der Waals surface area contributed by atoms with E-state index in [0.717, 1.165) is 19.3 Å². The Hall–Kier alpha value is -4.75. The Morgan fingerprint density at radius 3 is 2.48 bits per heavy atom. The SMILES string of the molecule is C1=CC2=C(CC=C1c1ccccc1)C1CC(c3ccc4c(c3)-c3c(cccc3-c3cccnc3)C4)=CC=C1C=C2. The van der Waals surface area contributed by atoms with E-state index in [-0.39, 0.29) is 0 Å². The Labute approximate surface area is 236 Å². The van der Waals surface area contributed by atoms with Crippen LogP contribution >= 0.6 is 0 Å². The van der Waals surface area contributed by atoms with Crippen LogP contribution in [0, 0.1) is 5.92 Å². The Morgan fingerprint density at radius 1 is 0.675 bits per heavy atom. The fraction of sp³-hybridized carbons (Fsp3) is 0.103.